The van der Waals surface area contributed by atoms with Crippen molar-refractivity contribution in [2.24, 2.45) is 7.05 Å². The highest BCUT2D eigenvalue weighted by atomic mass is 35.5. The molecule has 104 valence electrons. The molecule has 2 heterocycles. The molecule has 0 bridgehead atoms. The van der Waals surface area contributed by atoms with Crippen LogP contribution in [0.3, 0.4) is 0 Å². The summed E-state index contributed by atoms with van der Waals surface area (Å²) in [6.45, 7) is 6.63. The van der Waals surface area contributed by atoms with Gasteiger partial charge >= 0.3 is 0 Å². The van der Waals surface area contributed by atoms with Crippen molar-refractivity contribution in [1.29, 1.82) is 0 Å². The second-order valence-electron chi connectivity index (χ2n) is 4.64. The summed E-state index contributed by atoms with van der Waals surface area (Å²) in [6, 6.07) is 2.03. The monoisotopic (exact) mass is 281 g/mol. The second-order valence-corrected chi connectivity index (χ2v) is 4.99. The molecule has 19 heavy (non-hydrogen) atoms. The third kappa shape index (κ3) is 3.16. The van der Waals surface area contributed by atoms with E-state index in [1.54, 1.807) is 4.68 Å². The van der Waals surface area contributed by atoms with E-state index >= 15 is 0 Å². The molecule has 0 unspecified atom stereocenters. The van der Waals surface area contributed by atoms with Crippen molar-refractivity contribution < 1.29 is 0 Å². The summed E-state index contributed by atoms with van der Waals surface area (Å²) in [5, 5.41) is 12.8. The van der Waals surface area contributed by atoms with Crippen LogP contribution in [0.25, 0.3) is 0 Å². The Bertz CT molecular complexity index is 543. The van der Waals surface area contributed by atoms with Gasteiger partial charge in [0, 0.05) is 25.4 Å². The lowest BCUT2D eigenvalue weighted by Crippen LogP contribution is -2.18. The quantitative estimate of drug-likeness (QED) is 0.825. The van der Waals surface area contributed by atoms with Crippen molar-refractivity contribution in [3.05, 3.63) is 34.4 Å². The Morgan fingerprint density at radius 3 is 2.84 bits per heavy atom. The molecule has 5 nitrogen and oxygen atoms in total. The van der Waals surface area contributed by atoms with Gasteiger partial charge in [-0.15, -0.1) is 0 Å². The molecule has 0 fully saturated rings. The Morgan fingerprint density at radius 2 is 2.21 bits per heavy atom. The summed E-state index contributed by atoms with van der Waals surface area (Å²) >= 11 is 6.25. The zero-order chi connectivity index (χ0) is 13.8. The van der Waals surface area contributed by atoms with Crippen LogP contribution in [0.2, 0.25) is 5.15 Å². The Kier molecular flexibility index (Phi) is 4.61. The van der Waals surface area contributed by atoms with Gasteiger partial charge in [-0.2, -0.15) is 10.2 Å². The lowest BCUT2D eigenvalue weighted by atomic mass is 10.2. The molecule has 0 saturated carbocycles. The first-order chi connectivity index (χ1) is 9.13. The standard InChI is InChI=1S/C13H20ClN5/c1-4-6-15-8-11-5-7-16-19(11)9-12-10(2)17-18(3)13(12)14/h5,7,15H,4,6,8-9H2,1-3H3. The Morgan fingerprint density at radius 1 is 1.42 bits per heavy atom. The topological polar surface area (TPSA) is 47.7 Å². The van der Waals surface area contributed by atoms with Crippen molar-refractivity contribution >= 4 is 11.6 Å². The van der Waals surface area contributed by atoms with Crippen molar-refractivity contribution in [1.82, 2.24) is 24.9 Å². The van der Waals surface area contributed by atoms with Gasteiger partial charge < -0.3 is 5.32 Å². The van der Waals surface area contributed by atoms with Crippen LogP contribution in [-0.2, 0) is 20.1 Å². The zero-order valence-electron chi connectivity index (χ0n) is 11.6. The van der Waals surface area contributed by atoms with E-state index in [4.69, 9.17) is 11.6 Å². The number of halogens is 1. The average molecular weight is 282 g/mol. The predicted molar refractivity (Wildman–Crippen MR) is 76.3 cm³/mol. The fourth-order valence-corrected chi connectivity index (χ4v) is 2.28. The third-order valence-electron chi connectivity index (χ3n) is 3.12. The maximum Gasteiger partial charge on any atom is 0.132 e. The van der Waals surface area contributed by atoms with E-state index in [0.29, 0.717) is 11.7 Å². The van der Waals surface area contributed by atoms with Crippen LogP contribution in [0.15, 0.2) is 12.3 Å². The molecule has 6 heteroatoms. The average Bonchev–Trinajstić information content (AvgIpc) is 2.91. The van der Waals surface area contributed by atoms with Gasteiger partial charge in [-0.1, -0.05) is 18.5 Å². The highest BCUT2D eigenvalue weighted by molar-refractivity contribution is 6.30. The Hall–Kier alpha value is -1.33. The van der Waals surface area contributed by atoms with E-state index in [1.165, 1.54) is 0 Å². The molecule has 0 saturated heterocycles. The number of hydrogen-bond acceptors (Lipinski definition) is 3. The first-order valence-corrected chi connectivity index (χ1v) is 6.90. The van der Waals surface area contributed by atoms with Crippen LogP contribution in [-0.4, -0.2) is 26.1 Å². The number of aryl methyl sites for hydroxylation is 2. The van der Waals surface area contributed by atoms with Crippen LogP contribution in [0.1, 0.15) is 30.3 Å². The minimum absolute atomic E-state index is 0.661. The Labute approximate surface area is 118 Å². The first kappa shape index (κ1) is 14.1. The largest absolute Gasteiger partial charge is 0.311 e. The molecule has 0 amide bonds. The van der Waals surface area contributed by atoms with E-state index in [-0.39, 0.29) is 0 Å². The number of aromatic nitrogens is 4. The SMILES string of the molecule is CCCNCc1ccnn1Cc1c(C)nn(C)c1Cl. The minimum atomic E-state index is 0.661. The van der Waals surface area contributed by atoms with Crippen molar-refractivity contribution in [2.75, 3.05) is 6.54 Å². The van der Waals surface area contributed by atoms with E-state index in [9.17, 15) is 0 Å². The number of nitrogens with zero attached hydrogens (tertiary/aromatic N) is 4. The van der Waals surface area contributed by atoms with E-state index in [0.717, 1.165) is 36.5 Å². The summed E-state index contributed by atoms with van der Waals surface area (Å²) in [4.78, 5) is 0. The van der Waals surface area contributed by atoms with Crippen LogP contribution < -0.4 is 5.32 Å². The molecule has 0 aliphatic rings. The maximum atomic E-state index is 6.25. The van der Waals surface area contributed by atoms with Crippen molar-refractivity contribution in [3.8, 4) is 0 Å². The summed E-state index contributed by atoms with van der Waals surface area (Å²) in [6.07, 6.45) is 2.95. The zero-order valence-corrected chi connectivity index (χ0v) is 12.4. The minimum Gasteiger partial charge on any atom is -0.311 e. The summed E-state index contributed by atoms with van der Waals surface area (Å²) < 4.78 is 3.67. The highest BCUT2D eigenvalue weighted by Crippen LogP contribution is 2.20. The lowest BCUT2D eigenvalue weighted by molar-refractivity contribution is 0.591. The summed E-state index contributed by atoms with van der Waals surface area (Å²) in [5.74, 6) is 0. The maximum absolute atomic E-state index is 6.25. The van der Waals surface area contributed by atoms with Crippen LogP contribution in [0.5, 0.6) is 0 Å². The van der Waals surface area contributed by atoms with E-state index in [2.05, 4.69) is 22.4 Å². The number of nitrogens with one attached hydrogen (secondary N) is 1. The van der Waals surface area contributed by atoms with Gasteiger partial charge in [-0.05, 0) is 26.0 Å². The lowest BCUT2D eigenvalue weighted by Gasteiger charge is -2.08. The van der Waals surface area contributed by atoms with Gasteiger partial charge in [-0.3, -0.25) is 9.36 Å². The van der Waals surface area contributed by atoms with Crippen LogP contribution in [0, 0.1) is 6.92 Å². The predicted octanol–water partition coefficient (Wildman–Crippen LogP) is 2.13. The van der Waals surface area contributed by atoms with Gasteiger partial charge in [-0.25, -0.2) is 0 Å². The second kappa shape index (κ2) is 6.21. The fourth-order valence-electron chi connectivity index (χ4n) is 2.05. The highest BCUT2D eigenvalue weighted by Gasteiger charge is 2.13. The Balaban J connectivity index is 2.13. The molecule has 0 aliphatic carbocycles. The van der Waals surface area contributed by atoms with Crippen molar-refractivity contribution in [2.45, 2.75) is 33.4 Å². The molecule has 0 radical (unpaired) electrons. The summed E-state index contributed by atoms with van der Waals surface area (Å²) in [5.41, 5.74) is 3.15. The molecular formula is C13H20ClN5. The van der Waals surface area contributed by atoms with Gasteiger partial charge in [0.2, 0.25) is 0 Å². The van der Waals surface area contributed by atoms with Crippen LogP contribution >= 0.6 is 11.6 Å². The summed E-state index contributed by atoms with van der Waals surface area (Å²) in [7, 11) is 1.85. The number of rotatable bonds is 6. The first-order valence-electron chi connectivity index (χ1n) is 6.52. The normalized spacial score (nSPS) is 11.2. The smallest absolute Gasteiger partial charge is 0.132 e. The molecule has 1 N–H and O–H groups in total. The molecule has 2 rings (SSSR count). The molecule has 0 atom stereocenters. The van der Waals surface area contributed by atoms with E-state index < -0.39 is 0 Å². The molecular weight excluding hydrogens is 262 g/mol. The van der Waals surface area contributed by atoms with Gasteiger partial charge in [0.05, 0.1) is 17.9 Å². The van der Waals surface area contributed by atoms with E-state index in [1.807, 2.05) is 30.9 Å². The van der Waals surface area contributed by atoms with Gasteiger partial charge in [0.25, 0.3) is 0 Å². The van der Waals surface area contributed by atoms with Crippen LogP contribution in [0.4, 0.5) is 0 Å². The third-order valence-corrected chi connectivity index (χ3v) is 3.59. The molecule has 2 aromatic heterocycles. The molecule has 2 aromatic rings. The molecule has 0 aliphatic heterocycles. The van der Waals surface area contributed by atoms with Gasteiger partial charge in [0.1, 0.15) is 5.15 Å². The van der Waals surface area contributed by atoms with Crippen molar-refractivity contribution in [3.63, 3.8) is 0 Å². The number of hydrogen-bond donors (Lipinski definition) is 1. The van der Waals surface area contributed by atoms with Gasteiger partial charge in [0.15, 0.2) is 0 Å². The molecule has 0 aromatic carbocycles. The fraction of sp³-hybridized carbons (Fsp3) is 0.538. The molecule has 0 spiro atoms.